The summed E-state index contributed by atoms with van der Waals surface area (Å²) in [5.74, 6) is 0.619. The van der Waals surface area contributed by atoms with Crippen LogP contribution in [0.4, 0.5) is 0 Å². The zero-order valence-corrected chi connectivity index (χ0v) is 14.0. The Labute approximate surface area is 128 Å². The minimum absolute atomic E-state index is 0.0103. The highest BCUT2D eigenvalue weighted by Gasteiger charge is 2.23. The number of carbonyl (C=O) groups excluding carboxylic acids is 1. The van der Waals surface area contributed by atoms with Crippen LogP contribution in [0.2, 0.25) is 0 Å². The Kier molecular flexibility index (Phi) is 5.78. The first-order valence-corrected chi connectivity index (χ1v) is 7.51. The molecule has 0 aliphatic heterocycles. The molecule has 0 spiro atoms. The van der Waals surface area contributed by atoms with Crippen LogP contribution in [0.3, 0.4) is 0 Å². The van der Waals surface area contributed by atoms with Crippen LogP contribution in [0.1, 0.15) is 58.2 Å². The van der Waals surface area contributed by atoms with Crippen molar-refractivity contribution in [2.45, 2.75) is 65.6 Å². The standard InChI is InChI=1S/C17H28N2O2/c1-7-17(5,6)19-16(20)13(4)21-15-9-8-14(12(3)18)10-11(15)2/h8-10,12-13H,7,18H2,1-6H3,(H,19,20)/t12-,13?/m1/s1. The van der Waals surface area contributed by atoms with Crippen molar-refractivity contribution in [2.75, 3.05) is 0 Å². The monoisotopic (exact) mass is 292 g/mol. The van der Waals surface area contributed by atoms with Gasteiger partial charge in [0.2, 0.25) is 0 Å². The molecule has 3 N–H and O–H groups in total. The first kappa shape index (κ1) is 17.5. The summed E-state index contributed by atoms with van der Waals surface area (Å²) in [7, 11) is 0. The van der Waals surface area contributed by atoms with E-state index in [9.17, 15) is 4.79 Å². The average Bonchev–Trinajstić information content (AvgIpc) is 2.40. The minimum atomic E-state index is -0.532. The predicted octanol–water partition coefficient (Wildman–Crippen LogP) is 3.09. The summed E-state index contributed by atoms with van der Waals surface area (Å²) in [5, 5.41) is 2.99. The zero-order chi connectivity index (χ0) is 16.2. The van der Waals surface area contributed by atoms with Crippen LogP contribution in [0.15, 0.2) is 18.2 Å². The largest absolute Gasteiger partial charge is 0.481 e. The van der Waals surface area contributed by atoms with Gasteiger partial charge in [0, 0.05) is 11.6 Å². The van der Waals surface area contributed by atoms with E-state index in [0.717, 1.165) is 23.3 Å². The molecule has 0 fully saturated rings. The molecule has 0 aliphatic rings. The quantitative estimate of drug-likeness (QED) is 0.847. The van der Waals surface area contributed by atoms with Crippen molar-refractivity contribution >= 4 is 5.91 Å². The number of carbonyl (C=O) groups is 1. The van der Waals surface area contributed by atoms with Gasteiger partial charge in [-0.05, 0) is 58.2 Å². The van der Waals surface area contributed by atoms with Gasteiger partial charge in [-0.1, -0.05) is 19.1 Å². The third-order valence-corrected chi connectivity index (χ3v) is 3.74. The summed E-state index contributed by atoms with van der Waals surface area (Å²) in [6, 6.07) is 5.81. The first-order valence-electron chi connectivity index (χ1n) is 7.51. The summed E-state index contributed by atoms with van der Waals surface area (Å²) >= 11 is 0. The molecule has 1 aromatic rings. The molecule has 4 heteroatoms. The Morgan fingerprint density at radius 1 is 1.38 bits per heavy atom. The second kappa shape index (κ2) is 6.94. The fourth-order valence-electron chi connectivity index (χ4n) is 1.86. The van der Waals surface area contributed by atoms with Crippen LogP contribution in [0.25, 0.3) is 0 Å². The summed E-state index contributed by atoms with van der Waals surface area (Å²) in [6.45, 7) is 11.7. The molecule has 2 atom stereocenters. The smallest absolute Gasteiger partial charge is 0.261 e. The molecule has 0 aromatic heterocycles. The molecule has 1 aromatic carbocycles. The van der Waals surface area contributed by atoms with Crippen LogP contribution >= 0.6 is 0 Å². The van der Waals surface area contributed by atoms with E-state index < -0.39 is 6.10 Å². The number of ether oxygens (including phenoxy) is 1. The zero-order valence-electron chi connectivity index (χ0n) is 14.0. The molecule has 4 nitrogen and oxygen atoms in total. The van der Waals surface area contributed by atoms with Crippen molar-refractivity contribution < 1.29 is 9.53 Å². The predicted molar refractivity (Wildman–Crippen MR) is 86.4 cm³/mol. The van der Waals surface area contributed by atoms with Gasteiger partial charge in [0.05, 0.1) is 0 Å². The van der Waals surface area contributed by atoms with Gasteiger partial charge in [-0.3, -0.25) is 4.79 Å². The molecule has 0 saturated carbocycles. The van der Waals surface area contributed by atoms with E-state index in [1.165, 1.54) is 0 Å². The van der Waals surface area contributed by atoms with Crippen LogP contribution in [-0.2, 0) is 4.79 Å². The maximum atomic E-state index is 12.2. The lowest BCUT2D eigenvalue weighted by molar-refractivity contribution is -0.129. The maximum absolute atomic E-state index is 12.2. The van der Waals surface area contributed by atoms with Gasteiger partial charge in [0.1, 0.15) is 5.75 Å². The van der Waals surface area contributed by atoms with Gasteiger partial charge in [0.25, 0.3) is 5.91 Å². The maximum Gasteiger partial charge on any atom is 0.261 e. The summed E-state index contributed by atoms with van der Waals surface area (Å²) in [4.78, 5) is 12.2. The number of nitrogens with one attached hydrogen (secondary N) is 1. The van der Waals surface area contributed by atoms with Crippen LogP contribution < -0.4 is 15.8 Å². The van der Waals surface area contributed by atoms with E-state index in [1.807, 2.05) is 52.8 Å². The van der Waals surface area contributed by atoms with Crippen molar-refractivity contribution in [1.82, 2.24) is 5.32 Å². The highest BCUT2D eigenvalue weighted by atomic mass is 16.5. The second-order valence-electron chi connectivity index (χ2n) is 6.30. The molecular formula is C17H28N2O2. The normalized spacial score (nSPS) is 14.4. The number of amides is 1. The SMILES string of the molecule is CCC(C)(C)NC(=O)C(C)Oc1ccc([C@@H](C)N)cc1C. The highest BCUT2D eigenvalue weighted by molar-refractivity contribution is 5.81. The van der Waals surface area contributed by atoms with Crippen molar-refractivity contribution in [3.8, 4) is 5.75 Å². The number of rotatable bonds is 6. The molecule has 1 unspecified atom stereocenters. The number of hydrogen-bond donors (Lipinski definition) is 2. The van der Waals surface area contributed by atoms with Crippen molar-refractivity contribution in [3.05, 3.63) is 29.3 Å². The van der Waals surface area contributed by atoms with Crippen molar-refractivity contribution in [3.63, 3.8) is 0 Å². The molecule has 0 aliphatic carbocycles. The lowest BCUT2D eigenvalue weighted by Crippen LogP contribution is -2.48. The molecule has 1 rings (SSSR count). The summed E-state index contributed by atoms with van der Waals surface area (Å²) in [5.41, 5.74) is 7.69. The van der Waals surface area contributed by atoms with E-state index in [2.05, 4.69) is 5.32 Å². The number of aryl methyl sites for hydroxylation is 1. The Hall–Kier alpha value is -1.55. The number of hydrogen-bond acceptors (Lipinski definition) is 3. The molecule has 21 heavy (non-hydrogen) atoms. The first-order chi connectivity index (χ1) is 9.66. The average molecular weight is 292 g/mol. The van der Waals surface area contributed by atoms with Gasteiger partial charge in [0.15, 0.2) is 6.10 Å². The fraction of sp³-hybridized carbons (Fsp3) is 0.588. The summed E-state index contributed by atoms with van der Waals surface area (Å²) in [6.07, 6.45) is 0.337. The van der Waals surface area contributed by atoms with Gasteiger partial charge < -0.3 is 15.8 Å². The Balaban J connectivity index is 2.75. The molecule has 0 radical (unpaired) electrons. The van der Waals surface area contributed by atoms with Crippen LogP contribution in [0, 0.1) is 6.92 Å². The molecular weight excluding hydrogens is 264 g/mol. The third kappa shape index (κ3) is 5.05. The fourth-order valence-corrected chi connectivity index (χ4v) is 1.86. The van der Waals surface area contributed by atoms with E-state index in [1.54, 1.807) is 6.92 Å². The summed E-state index contributed by atoms with van der Waals surface area (Å²) < 4.78 is 5.78. The lowest BCUT2D eigenvalue weighted by Gasteiger charge is -2.27. The van der Waals surface area contributed by atoms with Crippen molar-refractivity contribution in [2.24, 2.45) is 5.73 Å². The van der Waals surface area contributed by atoms with E-state index in [-0.39, 0.29) is 17.5 Å². The van der Waals surface area contributed by atoms with E-state index in [4.69, 9.17) is 10.5 Å². The molecule has 118 valence electrons. The number of benzene rings is 1. The second-order valence-corrected chi connectivity index (χ2v) is 6.30. The van der Waals surface area contributed by atoms with Gasteiger partial charge in [-0.2, -0.15) is 0 Å². The lowest BCUT2D eigenvalue weighted by atomic mass is 10.0. The van der Waals surface area contributed by atoms with Crippen LogP contribution in [0.5, 0.6) is 5.75 Å². The third-order valence-electron chi connectivity index (χ3n) is 3.74. The van der Waals surface area contributed by atoms with Gasteiger partial charge in [-0.15, -0.1) is 0 Å². The van der Waals surface area contributed by atoms with E-state index >= 15 is 0 Å². The molecule has 0 heterocycles. The Morgan fingerprint density at radius 2 is 2.00 bits per heavy atom. The number of nitrogens with two attached hydrogens (primary N) is 1. The topological polar surface area (TPSA) is 64.3 Å². The minimum Gasteiger partial charge on any atom is -0.481 e. The molecule has 0 saturated heterocycles. The Bertz CT molecular complexity index is 496. The van der Waals surface area contributed by atoms with Gasteiger partial charge >= 0.3 is 0 Å². The van der Waals surface area contributed by atoms with Gasteiger partial charge in [-0.25, -0.2) is 0 Å². The van der Waals surface area contributed by atoms with E-state index in [0.29, 0.717) is 0 Å². The Morgan fingerprint density at radius 3 is 2.48 bits per heavy atom. The highest BCUT2D eigenvalue weighted by Crippen LogP contribution is 2.23. The van der Waals surface area contributed by atoms with Crippen LogP contribution in [-0.4, -0.2) is 17.6 Å². The van der Waals surface area contributed by atoms with Crippen molar-refractivity contribution in [1.29, 1.82) is 0 Å². The molecule has 0 bridgehead atoms. The molecule has 1 amide bonds.